The molecule has 0 aliphatic carbocycles. The molecule has 132 valence electrons. The Morgan fingerprint density at radius 1 is 1.12 bits per heavy atom. The standard InChI is InChI=1S/C19H20ClFN2O2/c1-12-6-4-7-13(2)18(12)23(14(3)24)11-10-22-19(25)17-15(20)8-5-9-16(17)21/h4-9H,10-11H2,1-3H3,(H,22,25). The highest BCUT2D eigenvalue weighted by molar-refractivity contribution is 6.33. The van der Waals surface area contributed by atoms with E-state index >= 15 is 0 Å². The molecule has 0 unspecified atom stereocenters. The van der Waals surface area contributed by atoms with Gasteiger partial charge in [0.2, 0.25) is 5.91 Å². The van der Waals surface area contributed by atoms with E-state index in [1.807, 2.05) is 32.0 Å². The number of carbonyl (C=O) groups excluding carboxylic acids is 2. The number of benzene rings is 2. The summed E-state index contributed by atoms with van der Waals surface area (Å²) < 4.78 is 13.8. The molecule has 1 N–H and O–H groups in total. The highest BCUT2D eigenvalue weighted by Gasteiger charge is 2.18. The van der Waals surface area contributed by atoms with E-state index in [-0.39, 0.29) is 29.6 Å². The Bertz CT molecular complexity index is 768. The summed E-state index contributed by atoms with van der Waals surface area (Å²) in [6, 6.07) is 9.85. The minimum atomic E-state index is -0.678. The highest BCUT2D eigenvalue weighted by atomic mass is 35.5. The summed E-state index contributed by atoms with van der Waals surface area (Å²) in [5.74, 6) is -1.41. The van der Waals surface area contributed by atoms with Crippen molar-refractivity contribution in [2.45, 2.75) is 20.8 Å². The van der Waals surface area contributed by atoms with E-state index in [4.69, 9.17) is 11.6 Å². The number of anilines is 1. The van der Waals surface area contributed by atoms with Crippen LogP contribution in [0.15, 0.2) is 36.4 Å². The fourth-order valence-electron chi connectivity index (χ4n) is 2.74. The number of rotatable bonds is 5. The molecule has 0 heterocycles. The summed E-state index contributed by atoms with van der Waals surface area (Å²) in [5, 5.41) is 2.67. The molecule has 0 bridgehead atoms. The van der Waals surface area contributed by atoms with E-state index in [1.165, 1.54) is 25.1 Å². The number of nitrogens with zero attached hydrogens (tertiary/aromatic N) is 1. The van der Waals surface area contributed by atoms with E-state index in [9.17, 15) is 14.0 Å². The predicted molar refractivity (Wildman–Crippen MR) is 97.7 cm³/mol. The maximum atomic E-state index is 13.8. The van der Waals surface area contributed by atoms with Gasteiger partial charge in [-0.1, -0.05) is 35.9 Å². The Labute approximate surface area is 151 Å². The summed E-state index contributed by atoms with van der Waals surface area (Å²) in [6.45, 7) is 5.78. The van der Waals surface area contributed by atoms with Crippen molar-refractivity contribution < 1.29 is 14.0 Å². The molecule has 2 amide bonds. The number of aryl methyl sites for hydroxylation is 2. The van der Waals surface area contributed by atoms with Crippen molar-refractivity contribution in [1.82, 2.24) is 5.32 Å². The Balaban J connectivity index is 2.10. The van der Waals surface area contributed by atoms with Gasteiger partial charge in [-0.2, -0.15) is 0 Å². The van der Waals surface area contributed by atoms with Gasteiger partial charge in [0.15, 0.2) is 0 Å². The topological polar surface area (TPSA) is 49.4 Å². The summed E-state index contributed by atoms with van der Waals surface area (Å²) in [7, 11) is 0. The second-order valence-electron chi connectivity index (χ2n) is 5.76. The number of nitrogens with one attached hydrogen (secondary N) is 1. The number of para-hydroxylation sites is 1. The van der Waals surface area contributed by atoms with Gasteiger partial charge in [-0.25, -0.2) is 4.39 Å². The number of amides is 2. The first-order chi connectivity index (χ1) is 11.8. The van der Waals surface area contributed by atoms with Gasteiger partial charge in [-0.05, 0) is 37.1 Å². The highest BCUT2D eigenvalue weighted by Crippen LogP contribution is 2.24. The summed E-state index contributed by atoms with van der Waals surface area (Å²) in [4.78, 5) is 25.8. The molecule has 0 atom stereocenters. The molecule has 2 aromatic carbocycles. The maximum Gasteiger partial charge on any atom is 0.255 e. The minimum absolute atomic E-state index is 0.0515. The van der Waals surface area contributed by atoms with Crippen LogP contribution in [0.5, 0.6) is 0 Å². The zero-order chi connectivity index (χ0) is 18.6. The molecule has 6 heteroatoms. The lowest BCUT2D eigenvalue weighted by atomic mass is 10.1. The third-order valence-corrected chi connectivity index (χ3v) is 4.22. The zero-order valence-corrected chi connectivity index (χ0v) is 15.2. The van der Waals surface area contributed by atoms with Crippen LogP contribution in [0.3, 0.4) is 0 Å². The molecular weight excluding hydrogens is 343 g/mol. The quantitative estimate of drug-likeness (QED) is 0.877. The fraction of sp³-hybridized carbons (Fsp3) is 0.263. The normalized spacial score (nSPS) is 10.4. The molecule has 25 heavy (non-hydrogen) atoms. The van der Waals surface area contributed by atoms with Gasteiger partial charge in [0.1, 0.15) is 5.82 Å². The third kappa shape index (κ3) is 4.37. The molecule has 0 aliphatic rings. The van der Waals surface area contributed by atoms with Crippen LogP contribution in [0.1, 0.15) is 28.4 Å². The molecule has 0 aromatic heterocycles. The molecule has 0 fully saturated rings. The van der Waals surface area contributed by atoms with E-state index < -0.39 is 11.7 Å². The lowest BCUT2D eigenvalue weighted by Gasteiger charge is -2.25. The van der Waals surface area contributed by atoms with Crippen molar-refractivity contribution in [1.29, 1.82) is 0 Å². The van der Waals surface area contributed by atoms with Crippen LogP contribution < -0.4 is 10.2 Å². The van der Waals surface area contributed by atoms with Crippen molar-refractivity contribution in [3.63, 3.8) is 0 Å². The first-order valence-electron chi connectivity index (χ1n) is 7.89. The van der Waals surface area contributed by atoms with Crippen molar-refractivity contribution in [2.75, 3.05) is 18.0 Å². The third-order valence-electron chi connectivity index (χ3n) is 3.90. The number of hydrogen-bond acceptors (Lipinski definition) is 2. The Hall–Kier alpha value is -2.40. The lowest BCUT2D eigenvalue weighted by molar-refractivity contribution is -0.116. The van der Waals surface area contributed by atoms with Gasteiger partial charge < -0.3 is 10.2 Å². The van der Waals surface area contributed by atoms with E-state index in [0.29, 0.717) is 0 Å². The van der Waals surface area contributed by atoms with Gasteiger partial charge in [-0.15, -0.1) is 0 Å². The van der Waals surface area contributed by atoms with E-state index in [2.05, 4.69) is 5.32 Å². The lowest BCUT2D eigenvalue weighted by Crippen LogP contribution is -2.38. The molecule has 2 rings (SSSR count). The Morgan fingerprint density at radius 3 is 2.28 bits per heavy atom. The maximum absolute atomic E-state index is 13.8. The average molecular weight is 363 g/mol. The molecule has 0 radical (unpaired) electrons. The molecular formula is C19H20ClFN2O2. The van der Waals surface area contributed by atoms with Crippen LogP contribution in [0.4, 0.5) is 10.1 Å². The molecule has 4 nitrogen and oxygen atoms in total. The zero-order valence-electron chi connectivity index (χ0n) is 14.4. The van der Waals surface area contributed by atoms with E-state index in [1.54, 1.807) is 4.90 Å². The summed E-state index contributed by atoms with van der Waals surface area (Å²) in [6.07, 6.45) is 0. The molecule has 0 saturated heterocycles. The van der Waals surface area contributed by atoms with Gasteiger partial charge in [0, 0.05) is 25.7 Å². The number of carbonyl (C=O) groups is 2. The largest absolute Gasteiger partial charge is 0.350 e. The SMILES string of the molecule is CC(=O)N(CCNC(=O)c1c(F)cccc1Cl)c1c(C)cccc1C. The van der Waals surface area contributed by atoms with Crippen LogP contribution in [-0.2, 0) is 4.79 Å². The first-order valence-corrected chi connectivity index (χ1v) is 8.27. The van der Waals surface area contributed by atoms with Gasteiger partial charge >= 0.3 is 0 Å². The average Bonchev–Trinajstić information content (AvgIpc) is 2.52. The summed E-state index contributed by atoms with van der Waals surface area (Å²) >= 11 is 5.89. The number of halogens is 2. The van der Waals surface area contributed by atoms with E-state index in [0.717, 1.165) is 16.8 Å². The second kappa shape index (κ2) is 8.12. The smallest absolute Gasteiger partial charge is 0.255 e. The van der Waals surface area contributed by atoms with Crippen LogP contribution in [0, 0.1) is 19.7 Å². The second-order valence-corrected chi connectivity index (χ2v) is 6.17. The van der Waals surface area contributed by atoms with Gasteiger partial charge in [-0.3, -0.25) is 9.59 Å². The first kappa shape index (κ1) is 18.9. The predicted octanol–water partition coefficient (Wildman–Crippen LogP) is 3.88. The van der Waals surface area contributed by atoms with Crippen molar-refractivity contribution in [2.24, 2.45) is 0 Å². The molecule has 0 spiro atoms. The fourth-order valence-corrected chi connectivity index (χ4v) is 2.99. The number of hydrogen-bond donors (Lipinski definition) is 1. The minimum Gasteiger partial charge on any atom is -0.350 e. The Morgan fingerprint density at radius 2 is 1.72 bits per heavy atom. The van der Waals surface area contributed by atoms with Crippen LogP contribution in [-0.4, -0.2) is 24.9 Å². The monoisotopic (exact) mass is 362 g/mol. The van der Waals surface area contributed by atoms with Gasteiger partial charge in [0.05, 0.1) is 10.6 Å². The van der Waals surface area contributed by atoms with Crippen molar-refractivity contribution in [3.05, 3.63) is 63.9 Å². The van der Waals surface area contributed by atoms with Crippen molar-refractivity contribution >= 4 is 29.1 Å². The molecule has 0 aliphatic heterocycles. The molecule has 0 saturated carbocycles. The Kier molecular flexibility index (Phi) is 6.15. The molecule has 2 aromatic rings. The summed E-state index contributed by atoms with van der Waals surface area (Å²) in [5.41, 5.74) is 2.58. The van der Waals surface area contributed by atoms with Gasteiger partial charge in [0.25, 0.3) is 5.91 Å². The van der Waals surface area contributed by atoms with Crippen LogP contribution in [0.2, 0.25) is 5.02 Å². The van der Waals surface area contributed by atoms with Crippen LogP contribution in [0.25, 0.3) is 0 Å². The van der Waals surface area contributed by atoms with Crippen LogP contribution >= 0.6 is 11.6 Å². The van der Waals surface area contributed by atoms with Crippen molar-refractivity contribution in [3.8, 4) is 0 Å².